The van der Waals surface area contributed by atoms with Crippen LogP contribution in [0, 0.1) is 0 Å². The molecule has 96 valence electrons. The van der Waals surface area contributed by atoms with E-state index in [4.69, 9.17) is 0 Å². The van der Waals surface area contributed by atoms with Gasteiger partial charge in [-0.1, -0.05) is 0 Å². The molecule has 3 rings (SSSR count). The highest BCUT2D eigenvalue weighted by atomic mass is 16.2. The van der Waals surface area contributed by atoms with Gasteiger partial charge in [0, 0.05) is 25.0 Å². The molecule has 0 radical (unpaired) electrons. The van der Waals surface area contributed by atoms with Crippen molar-refractivity contribution in [3.05, 3.63) is 30.1 Å². The fourth-order valence-corrected chi connectivity index (χ4v) is 2.55. The van der Waals surface area contributed by atoms with Crippen molar-refractivity contribution < 1.29 is 4.79 Å². The Kier molecular flexibility index (Phi) is 3.28. The molecule has 1 N–H and O–H groups in total. The molecular formula is C14H19N3O. The molecule has 1 saturated carbocycles. The summed E-state index contributed by atoms with van der Waals surface area (Å²) in [4.78, 5) is 18.6. The molecule has 4 heteroatoms. The van der Waals surface area contributed by atoms with Crippen LogP contribution in [0.25, 0.3) is 0 Å². The van der Waals surface area contributed by atoms with E-state index in [0.717, 1.165) is 38.8 Å². The van der Waals surface area contributed by atoms with Gasteiger partial charge in [-0.2, -0.15) is 0 Å². The number of pyridine rings is 1. The Balaban J connectivity index is 1.70. The summed E-state index contributed by atoms with van der Waals surface area (Å²) in [7, 11) is 0. The van der Waals surface area contributed by atoms with E-state index >= 15 is 0 Å². The van der Waals surface area contributed by atoms with Crippen LogP contribution >= 0.6 is 0 Å². The lowest BCUT2D eigenvalue weighted by Crippen LogP contribution is -2.44. The molecule has 18 heavy (non-hydrogen) atoms. The van der Waals surface area contributed by atoms with Crippen molar-refractivity contribution in [2.45, 2.75) is 44.3 Å². The average molecular weight is 245 g/mol. The van der Waals surface area contributed by atoms with Crippen LogP contribution in [-0.2, 0) is 11.3 Å². The number of aromatic nitrogens is 1. The molecule has 0 unspecified atom stereocenters. The molecule has 4 nitrogen and oxygen atoms in total. The van der Waals surface area contributed by atoms with Crippen LogP contribution in [0.4, 0.5) is 0 Å². The summed E-state index contributed by atoms with van der Waals surface area (Å²) in [5.41, 5.74) is 1.17. The summed E-state index contributed by atoms with van der Waals surface area (Å²) in [5, 5.41) is 3.30. The Morgan fingerprint density at radius 3 is 2.72 bits per heavy atom. The molecule has 1 aliphatic carbocycles. The summed E-state index contributed by atoms with van der Waals surface area (Å²) >= 11 is 0. The standard InChI is InChI=1S/C14H19N3O/c18-14(13-2-1-7-16-13)17(12-3-4-12)10-11-5-8-15-9-6-11/h5-6,8-9,12-13,16H,1-4,7,10H2/t13-/m1/s1. The number of hydrogen-bond acceptors (Lipinski definition) is 3. The molecule has 1 atom stereocenters. The zero-order valence-corrected chi connectivity index (χ0v) is 10.5. The zero-order chi connectivity index (χ0) is 12.4. The Morgan fingerprint density at radius 2 is 2.11 bits per heavy atom. The zero-order valence-electron chi connectivity index (χ0n) is 10.5. The van der Waals surface area contributed by atoms with E-state index in [1.54, 1.807) is 12.4 Å². The van der Waals surface area contributed by atoms with Crippen LogP contribution in [0.1, 0.15) is 31.2 Å². The van der Waals surface area contributed by atoms with Gasteiger partial charge in [0.25, 0.3) is 0 Å². The van der Waals surface area contributed by atoms with Gasteiger partial charge in [-0.05, 0) is 49.9 Å². The largest absolute Gasteiger partial charge is 0.334 e. The molecule has 1 saturated heterocycles. The van der Waals surface area contributed by atoms with Gasteiger partial charge in [0.15, 0.2) is 0 Å². The predicted molar refractivity (Wildman–Crippen MR) is 68.8 cm³/mol. The lowest BCUT2D eigenvalue weighted by molar-refractivity contribution is -0.134. The molecule has 1 aromatic rings. The summed E-state index contributed by atoms with van der Waals surface area (Å²) in [6.45, 7) is 1.70. The quantitative estimate of drug-likeness (QED) is 0.870. The first-order chi connectivity index (χ1) is 8.84. The van der Waals surface area contributed by atoms with E-state index in [2.05, 4.69) is 15.2 Å². The molecule has 0 aromatic carbocycles. The van der Waals surface area contributed by atoms with Gasteiger partial charge in [-0.25, -0.2) is 0 Å². The summed E-state index contributed by atoms with van der Waals surface area (Å²) < 4.78 is 0. The molecule has 1 aromatic heterocycles. The van der Waals surface area contributed by atoms with Gasteiger partial charge in [-0.3, -0.25) is 9.78 Å². The highest BCUT2D eigenvalue weighted by Crippen LogP contribution is 2.29. The van der Waals surface area contributed by atoms with Crippen molar-refractivity contribution in [3.63, 3.8) is 0 Å². The SMILES string of the molecule is O=C([C@H]1CCCN1)N(Cc1ccncc1)C1CC1. The summed E-state index contributed by atoms with van der Waals surface area (Å²) in [6, 6.07) is 4.50. The predicted octanol–water partition coefficient (Wildman–Crippen LogP) is 1.32. The third kappa shape index (κ3) is 2.53. The molecule has 2 aliphatic rings. The maximum atomic E-state index is 12.5. The minimum absolute atomic E-state index is 0.0486. The number of carbonyl (C=O) groups is 1. The number of rotatable bonds is 4. The minimum Gasteiger partial charge on any atom is -0.334 e. The van der Waals surface area contributed by atoms with Crippen LogP contribution in [0.15, 0.2) is 24.5 Å². The molecular weight excluding hydrogens is 226 g/mol. The van der Waals surface area contributed by atoms with Crippen LogP contribution in [0.5, 0.6) is 0 Å². The molecule has 1 aliphatic heterocycles. The van der Waals surface area contributed by atoms with Crippen molar-refractivity contribution in [2.75, 3.05) is 6.54 Å². The molecule has 0 spiro atoms. The van der Waals surface area contributed by atoms with E-state index in [0.29, 0.717) is 6.04 Å². The molecule has 0 bridgehead atoms. The highest BCUT2D eigenvalue weighted by Gasteiger charge is 2.36. The number of nitrogens with one attached hydrogen (secondary N) is 1. The van der Waals surface area contributed by atoms with Crippen LogP contribution < -0.4 is 5.32 Å². The summed E-state index contributed by atoms with van der Waals surface area (Å²) in [6.07, 6.45) is 7.99. The van der Waals surface area contributed by atoms with Gasteiger partial charge in [0.05, 0.1) is 6.04 Å². The molecule has 2 heterocycles. The van der Waals surface area contributed by atoms with Crippen molar-refractivity contribution in [1.82, 2.24) is 15.2 Å². The van der Waals surface area contributed by atoms with Gasteiger partial charge in [-0.15, -0.1) is 0 Å². The van der Waals surface area contributed by atoms with Gasteiger partial charge < -0.3 is 10.2 Å². The maximum Gasteiger partial charge on any atom is 0.240 e. The Hall–Kier alpha value is -1.42. The average Bonchev–Trinajstić information content (AvgIpc) is 3.10. The second-order valence-electron chi connectivity index (χ2n) is 5.20. The third-order valence-electron chi connectivity index (χ3n) is 3.73. The van der Waals surface area contributed by atoms with Crippen LogP contribution in [0.2, 0.25) is 0 Å². The second kappa shape index (κ2) is 5.06. The first-order valence-electron chi connectivity index (χ1n) is 6.77. The Morgan fingerprint density at radius 1 is 1.33 bits per heavy atom. The first kappa shape index (κ1) is 11.7. The lowest BCUT2D eigenvalue weighted by Gasteiger charge is -2.25. The second-order valence-corrected chi connectivity index (χ2v) is 5.20. The first-order valence-corrected chi connectivity index (χ1v) is 6.77. The topological polar surface area (TPSA) is 45.2 Å². The van der Waals surface area contributed by atoms with Gasteiger partial charge >= 0.3 is 0 Å². The van der Waals surface area contributed by atoms with Crippen molar-refractivity contribution in [1.29, 1.82) is 0 Å². The Bertz CT molecular complexity index is 410. The number of hydrogen-bond donors (Lipinski definition) is 1. The van der Waals surface area contributed by atoms with E-state index in [1.807, 2.05) is 12.1 Å². The maximum absolute atomic E-state index is 12.5. The minimum atomic E-state index is 0.0486. The molecule has 2 fully saturated rings. The van der Waals surface area contributed by atoms with E-state index in [9.17, 15) is 4.79 Å². The number of carbonyl (C=O) groups excluding carboxylic acids is 1. The van der Waals surface area contributed by atoms with Gasteiger partial charge in [0.2, 0.25) is 5.91 Å². The lowest BCUT2D eigenvalue weighted by atomic mass is 10.1. The van der Waals surface area contributed by atoms with E-state index < -0.39 is 0 Å². The van der Waals surface area contributed by atoms with Crippen molar-refractivity contribution in [3.8, 4) is 0 Å². The Labute approximate surface area is 107 Å². The van der Waals surface area contributed by atoms with Gasteiger partial charge in [0.1, 0.15) is 0 Å². The third-order valence-corrected chi connectivity index (χ3v) is 3.73. The fraction of sp³-hybridized carbons (Fsp3) is 0.571. The van der Waals surface area contributed by atoms with Crippen LogP contribution in [0.3, 0.4) is 0 Å². The van der Waals surface area contributed by atoms with Crippen molar-refractivity contribution >= 4 is 5.91 Å². The van der Waals surface area contributed by atoms with Crippen LogP contribution in [-0.4, -0.2) is 34.4 Å². The molecule has 1 amide bonds. The number of nitrogens with zero attached hydrogens (tertiary/aromatic N) is 2. The van der Waals surface area contributed by atoms with E-state index in [-0.39, 0.29) is 11.9 Å². The monoisotopic (exact) mass is 245 g/mol. The summed E-state index contributed by atoms with van der Waals surface area (Å²) in [5.74, 6) is 0.284. The van der Waals surface area contributed by atoms with E-state index in [1.165, 1.54) is 5.56 Å². The smallest absolute Gasteiger partial charge is 0.240 e. The number of amides is 1. The normalized spacial score (nSPS) is 23.0. The fourth-order valence-electron chi connectivity index (χ4n) is 2.55. The highest BCUT2D eigenvalue weighted by molar-refractivity contribution is 5.82. The van der Waals surface area contributed by atoms with Crippen molar-refractivity contribution in [2.24, 2.45) is 0 Å².